The van der Waals surface area contributed by atoms with Gasteiger partial charge in [-0.2, -0.15) is 5.10 Å². The fourth-order valence-electron chi connectivity index (χ4n) is 2.97. The molecular formula is C19H16N4O4S. The number of fused-ring (bicyclic) bond motifs is 1. The first-order chi connectivity index (χ1) is 13.5. The van der Waals surface area contributed by atoms with Crippen molar-refractivity contribution in [1.82, 2.24) is 14.8 Å². The molecule has 4 aromatic heterocycles. The van der Waals surface area contributed by atoms with E-state index in [1.54, 1.807) is 48.3 Å². The highest BCUT2D eigenvalue weighted by atomic mass is 32.1. The van der Waals surface area contributed by atoms with E-state index in [0.717, 1.165) is 11.3 Å². The van der Waals surface area contributed by atoms with Crippen LogP contribution < -0.4 is 5.32 Å². The molecule has 0 saturated heterocycles. The number of furan rings is 1. The van der Waals surface area contributed by atoms with Crippen LogP contribution >= 0.6 is 11.3 Å². The third kappa shape index (κ3) is 3.05. The zero-order valence-corrected chi connectivity index (χ0v) is 16.2. The van der Waals surface area contributed by atoms with Gasteiger partial charge in [0.1, 0.15) is 10.6 Å². The molecule has 0 spiro atoms. The molecule has 0 aliphatic carbocycles. The molecule has 28 heavy (non-hydrogen) atoms. The fraction of sp³-hybridized carbons (Fsp3) is 0.158. The Morgan fingerprint density at radius 3 is 2.82 bits per heavy atom. The van der Waals surface area contributed by atoms with Gasteiger partial charge in [-0.1, -0.05) is 0 Å². The first kappa shape index (κ1) is 17.9. The highest BCUT2D eigenvalue weighted by molar-refractivity contribution is 7.18. The fourth-order valence-corrected chi connectivity index (χ4v) is 3.79. The highest BCUT2D eigenvalue weighted by Gasteiger charge is 2.21. The smallest absolute Gasteiger partial charge is 0.348 e. The molecule has 9 heteroatoms. The molecule has 4 aromatic rings. The third-order valence-electron chi connectivity index (χ3n) is 4.22. The second-order valence-electron chi connectivity index (χ2n) is 6.05. The van der Waals surface area contributed by atoms with Crippen LogP contribution in [0.25, 0.3) is 22.5 Å². The molecule has 1 amide bonds. The molecular weight excluding hydrogens is 380 g/mol. The van der Waals surface area contributed by atoms with E-state index in [-0.39, 0.29) is 5.91 Å². The van der Waals surface area contributed by atoms with Crippen molar-refractivity contribution in [2.24, 2.45) is 7.05 Å². The van der Waals surface area contributed by atoms with E-state index in [4.69, 9.17) is 9.15 Å². The first-order valence-corrected chi connectivity index (χ1v) is 9.17. The molecule has 0 aliphatic heterocycles. The second kappa shape index (κ2) is 6.93. The van der Waals surface area contributed by atoms with Gasteiger partial charge >= 0.3 is 5.97 Å². The molecule has 4 rings (SSSR count). The number of nitrogens with zero attached hydrogens (tertiary/aromatic N) is 3. The Balaban J connectivity index is 1.77. The normalized spacial score (nSPS) is 11.0. The van der Waals surface area contributed by atoms with Crippen LogP contribution in [0.5, 0.6) is 0 Å². The summed E-state index contributed by atoms with van der Waals surface area (Å²) in [5.74, 6) is -0.214. The Morgan fingerprint density at radius 1 is 1.29 bits per heavy atom. The predicted molar refractivity (Wildman–Crippen MR) is 105 cm³/mol. The van der Waals surface area contributed by atoms with Crippen molar-refractivity contribution in [2.75, 3.05) is 12.4 Å². The predicted octanol–water partition coefficient (Wildman–Crippen LogP) is 3.64. The molecule has 8 nitrogen and oxygen atoms in total. The van der Waals surface area contributed by atoms with Crippen LogP contribution in [0.4, 0.5) is 5.00 Å². The number of aryl methyl sites for hydroxylation is 2. The first-order valence-electron chi connectivity index (χ1n) is 8.35. The Bertz CT molecular complexity index is 1190. The van der Waals surface area contributed by atoms with Crippen molar-refractivity contribution in [3.8, 4) is 11.5 Å². The van der Waals surface area contributed by atoms with Crippen LogP contribution in [0.2, 0.25) is 0 Å². The number of carbonyl (C=O) groups excluding carboxylic acids is 2. The van der Waals surface area contributed by atoms with E-state index >= 15 is 0 Å². The van der Waals surface area contributed by atoms with Crippen molar-refractivity contribution >= 4 is 39.2 Å². The number of hydrogen-bond acceptors (Lipinski definition) is 7. The quantitative estimate of drug-likeness (QED) is 0.529. The molecule has 0 aromatic carbocycles. The molecule has 0 unspecified atom stereocenters. The maximum atomic E-state index is 13.0. The number of nitrogens with one attached hydrogen (secondary N) is 1. The van der Waals surface area contributed by atoms with Crippen molar-refractivity contribution in [3.63, 3.8) is 0 Å². The number of anilines is 1. The minimum Gasteiger partial charge on any atom is -0.465 e. The molecule has 0 atom stereocenters. The minimum atomic E-state index is -0.444. The molecule has 1 N–H and O–H groups in total. The molecule has 0 radical (unpaired) electrons. The minimum absolute atomic E-state index is 0.324. The lowest BCUT2D eigenvalue weighted by atomic mass is 10.1. The SMILES string of the molecule is COC(=O)c1ccc(NC(=O)c2cc(-c3ccco3)nc3c2c(C)nn3C)s1. The average Bonchev–Trinajstić information content (AvgIpc) is 3.42. The largest absolute Gasteiger partial charge is 0.465 e. The van der Waals surface area contributed by atoms with Crippen LogP contribution in [0.15, 0.2) is 41.0 Å². The summed E-state index contributed by atoms with van der Waals surface area (Å²) >= 11 is 1.14. The summed E-state index contributed by atoms with van der Waals surface area (Å²) in [4.78, 5) is 29.7. The van der Waals surface area contributed by atoms with Crippen LogP contribution in [0.3, 0.4) is 0 Å². The monoisotopic (exact) mass is 396 g/mol. The molecule has 4 heterocycles. The van der Waals surface area contributed by atoms with Gasteiger partial charge in [0, 0.05) is 7.05 Å². The standard InChI is InChI=1S/C19H16N4O4S/c1-10-16-11(18(24)21-15-7-6-14(28-15)19(25)26-3)9-12(13-5-4-8-27-13)20-17(16)23(2)22-10/h4-9H,1-3H3,(H,21,24). The van der Waals surface area contributed by atoms with Crippen LogP contribution in [-0.2, 0) is 11.8 Å². The summed E-state index contributed by atoms with van der Waals surface area (Å²) in [5, 5.41) is 8.43. The Morgan fingerprint density at radius 2 is 2.11 bits per heavy atom. The van der Waals surface area contributed by atoms with E-state index in [1.165, 1.54) is 7.11 Å². The topological polar surface area (TPSA) is 99.2 Å². The van der Waals surface area contributed by atoms with Crippen molar-refractivity contribution in [2.45, 2.75) is 6.92 Å². The van der Waals surface area contributed by atoms with Gasteiger partial charge in [-0.05, 0) is 37.3 Å². The molecule has 0 fully saturated rings. The zero-order chi connectivity index (χ0) is 19.8. The Hall–Kier alpha value is -3.46. The number of ether oxygens (including phenoxy) is 1. The molecule has 0 bridgehead atoms. The van der Waals surface area contributed by atoms with E-state index in [9.17, 15) is 9.59 Å². The maximum Gasteiger partial charge on any atom is 0.348 e. The lowest BCUT2D eigenvalue weighted by molar-refractivity contribution is 0.0606. The summed E-state index contributed by atoms with van der Waals surface area (Å²) < 4.78 is 11.8. The van der Waals surface area contributed by atoms with E-state index in [0.29, 0.717) is 43.6 Å². The molecule has 0 aliphatic rings. The number of hydrogen-bond donors (Lipinski definition) is 1. The number of esters is 1. The number of pyridine rings is 1. The molecule has 142 valence electrons. The van der Waals surface area contributed by atoms with Gasteiger partial charge in [-0.15, -0.1) is 11.3 Å². The van der Waals surface area contributed by atoms with Crippen LogP contribution in [-0.4, -0.2) is 33.8 Å². The number of amides is 1. The lowest BCUT2D eigenvalue weighted by Gasteiger charge is -2.07. The van der Waals surface area contributed by atoms with E-state index in [1.807, 2.05) is 6.92 Å². The maximum absolute atomic E-state index is 13.0. The average molecular weight is 396 g/mol. The number of aromatic nitrogens is 3. The van der Waals surface area contributed by atoms with Gasteiger partial charge in [-0.25, -0.2) is 9.78 Å². The summed E-state index contributed by atoms with van der Waals surface area (Å²) in [5.41, 5.74) is 2.24. The van der Waals surface area contributed by atoms with Crippen molar-refractivity contribution < 1.29 is 18.7 Å². The summed E-state index contributed by atoms with van der Waals surface area (Å²) in [6.45, 7) is 1.83. The number of carbonyl (C=O) groups is 2. The van der Waals surface area contributed by atoms with Gasteiger partial charge in [0.2, 0.25) is 0 Å². The van der Waals surface area contributed by atoms with Crippen LogP contribution in [0.1, 0.15) is 25.7 Å². The van der Waals surface area contributed by atoms with Gasteiger partial charge < -0.3 is 14.5 Å². The zero-order valence-electron chi connectivity index (χ0n) is 15.3. The van der Waals surface area contributed by atoms with E-state index < -0.39 is 5.97 Å². The van der Waals surface area contributed by atoms with Gasteiger partial charge in [0.15, 0.2) is 11.4 Å². The van der Waals surface area contributed by atoms with Gasteiger partial charge in [-0.3, -0.25) is 9.48 Å². The number of rotatable bonds is 4. The van der Waals surface area contributed by atoms with Gasteiger partial charge in [0.25, 0.3) is 5.91 Å². The summed E-state index contributed by atoms with van der Waals surface area (Å²) in [6, 6.07) is 8.49. The van der Waals surface area contributed by atoms with Gasteiger partial charge in [0.05, 0.1) is 35.0 Å². The lowest BCUT2D eigenvalue weighted by Crippen LogP contribution is -2.12. The number of thiophene rings is 1. The Kier molecular flexibility index (Phi) is 4.44. The number of methoxy groups -OCH3 is 1. The second-order valence-corrected chi connectivity index (χ2v) is 7.13. The van der Waals surface area contributed by atoms with Crippen molar-refractivity contribution in [1.29, 1.82) is 0 Å². The van der Waals surface area contributed by atoms with E-state index in [2.05, 4.69) is 15.4 Å². The molecule has 0 saturated carbocycles. The highest BCUT2D eigenvalue weighted by Crippen LogP contribution is 2.29. The van der Waals surface area contributed by atoms with Crippen LogP contribution in [0, 0.1) is 6.92 Å². The third-order valence-corrected chi connectivity index (χ3v) is 5.20. The van der Waals surface area contributed by atoms with Crippen molar-refractivity contribution in [3.05, 3.63) is 52.7 Å². The summed E-state index contributed by atoms with van der Waals surface area (Å²) in [6.07, 6.45) is 1.55. The Labute approximate surface area is 163 Å². The summed E-state index contributed by atoms with van der Waals surface area (Å²) in [7, 11) is 3.09.